The number of aromatic nitrogens is 4. The molecule has 0 spiro atoms. The molecular weight excluding hydrogens is 245 g/mol. The number of halogens is 1. The van der Waals surface area contributed by atoms with Crippen LogP contribution in [0.4, 0.5) is 4.39 Å². The van der Waals surface area contributed by atoms with E-state index in [4.69, 9.17) is 0 Å². The number of tetrazole rings is 1. The van der Waals surface area contributed by atoms with Gasteiger partial charge in [-0.3, -0.25) is 0 Å². The maximum absolute atomic E-state index is 13.7. The van der Waals surface area contributed by atoms with Crippen LogP contribution in [0.5, 0.6) is 0 Å². The van der Waals surface area contributed by atoms with Crippen LogP contribution in [0.25, 0.3) is 0 Å². The number of rotatable bonds is 3. The first-order chi connectivity index (χ1) is 9.34. The van der Waals surface area contributed by atoms with E-state index < -0.39 is 0 Å². The first kappa shape index (κ1) is 12.2. The summed E-state index contributed by atoms with van der Waals surface area (Å²) in [5.41, 5.74) is 0.632. The minimum atomic E-state index is -0.206. The van der Waals surface area contributed by atoms with Gasteiger partial charge in [0.1, 0.15) is 5.82 Å². The van der Waals surface area contributed by atoms with E-state index in [2.05, 4.69) is 20.8 Å². The van der Waals surface area contributed by atoms with Gasteiger partial charge in [0.15, 0.2) is 5.82 Å². The molecule has 1 aliphatic heterocycles. The first-order valence-electron chi connectivity index (χ1n) is 6.55. The molecule has 1 saturated heterocycles. The predicted octanol–water partition coefficient (Wildman–Crippen LogP) is 1.33. The topological polar surface area (TPSA) is 55.6 Å². The molecule has 0 saturated carbocycles. The van der Waals surface area contributed by atoms with Crippen molar-refractivity contribution >= 4 is 0 Å². The van der Waals surface area contributed by atoms with Crippen LogP contribution in [-0.4, -0.2) is 33.3 Å². The molecule has 0 bridgehead atoms. The van der Waals surface area contributed by atoms with Crippen LogP contribution in [0, 0.1) is 5.82 Å². The Hall–Kier alpha value is -1.82. The second-order valence-electron chi connectivity index (χ2n) is 4.79. The van der Waals surface area contributed by atoms with Crippen molar-refractivity contribution in [3.05, 3.63) is 41.5 Å². The summed E-state index contributed by atoms with van der Waals surface area (Å²) >= 11 is 0. The average Bonchev–Trinajstić information content (AvgIpc) is 2.91. The number of nitrogens with zero attached hydrogens (tertiary/aromatic N) is 4. The lowest BCUT2D eigenvalue weighted by atomic mass is 10.1. The lowest BCUT2D eigenvalue weighted by Gasteiger charge is -2.23. The second-order valence-corrected chi connectivity index (χ2v) is 4.79. The molecule has 0 atom stereocenters. The fraction of sp³-hybridized carbons (Fsp3) is 0.462. The van der Waals surface area contributed by atoms with Crippen molar-refractivity contribution in [2.75, 3.05) is 13.1 Å². The number of piperidine rings is 1. The summed E-state index contributed by atoms with van der Waals surface area (Å²) in [5, 5.41) is 15.2. The predicted molar refractivity (Wildman–Crippen MR) is 68.2 cm³/mol. The monoisotopic (exact) mass is 261 g/mol. The Morgan fingerprint density at radius 1 is 1.26 bits per heavy atom. The standard InChI is InChI=1S/C13H16FN5/c14-12-4-2-1-3-10(12)9-13-16-17-18-19(13)11-5-7-15-8-6-11/h1-4,11,15H,5-9H2. The maximum atomic E-state index is 13.7. The Balaban J connectivity index is 1.82. The van der Waals surface area contributed by atoms with Gasteiger partial charge in [-0.15, -0.1) is 5.10 Å². The molecule has 1 aromatic carbocycles. The van der Waals surface area contributed by atoms with Crippen molar-refractivity contribution in [2.24, 2.45) is 0 Å². The molecular formula is C13H16FN5. The fourth-order valence-electron chi connectivity index (χ4n) is 2.48. The van der Waals surface area contributed by atoms with Gasteiger partial charge >= 0.3 is 0 Å². The van der Waals surface area contributed by atoms with E-state index in [1.165, 1.54) is 6.07 Å². The van der Waals surface area contributed by atoms with Crippen molar-refractivity contribution in [1.82, 2.24) is 25.5 Å². The molecule has 19 heavy (non-hydrogen) atoms. The molecule has 1 aliphatic rings. The van der Waals surface area contributed by atoms with Crippen molar-refractivity contribution in [2.45, 2.75) is 25.3 Å². The molecule has 6 heteroatoms. The third-order valence-corrected chi connectivity index (χ3v) is 3.52. The number of nitrogens with one attached hydrogen (secondary N) is 1. The van der Waals surface area contributed by atoms with Gasteiger partial charge in [0.25, 0.3) is 0 Å². The summed E-state index contributed by atoms with van der Waals surface area (Å²) in [6, 6.07) is 7.08. The number of hydrogen-bond acceptors (Lipinski definition) is 4. The normalized spacial score (nSPS) is 16.7. The molecule has 1 aromatic heterocycles. The molecule has 1 N–H and O–H groups in total. The van der Waals surface area contributed by atoms with Gasteiger partial charge in [-0.1, -0.05) is 18.2 Å². The van der Waals surface area contributed by atoms with Crippen LogP contribution in [0.1, 0.15) is 30.3 Å². The van der Waals surface area contributed by atoms with E-state index in [1.54, 1.807) is 12.1 Å². The highest BCUT2D eigenvalue weighted by atomic mass is 19.1. The SMILES string of the molecule is Fc1ccccc1Cc1nnnn1C1CCNCC1. The zero-order valence-electron chi connectivity index (χ0n) is 10.6. The van der Waals surface area contributed by atoms with Crippen LogP contribution in [0.3, 0.4) is 0 Å². The van der Waals surface area contributed by atoms with E-state index in [0.717, 1.165) is 31.8 Å². The lowest BCUT2D eigenvalue weighted by molar-refractivity contribution is 0.330. The molecule has 3 rings (SSSR count). The summed E-state index contributed by atoms with van der Waals surface area (Å²) in [6.45, 7) is 1.95. The van der Waals surface area contributed by atoms with Gasteiger partial charge in [-0.25, -0.2) is 9.07 Å². The van der Waals surface area contributed by atoms with Crippen molar-refractivity contribution in [1.29, 1.82) is 0 Å². The highest BCUT2D eigenvalue weighted by molar-refractivity contribution is 5.20. The van der Waals surface area contributed by atoms with E-state index >= 15 is 0 Å². The zero-order valence-corrected chi connectivity index (χ0v) is 10.6. The van der Waals surface area contributed by atoms with Gasteiger partial charge in [0.2, 0.25) is 0 Å². The Kier molecular flexibility index (Phi) is 3.50. The molecule has 0 unspecified atom stereocenters. The molecule has 2 heterocycles. The summed E-state index contributed by atoms with van der Waals surface area (Å²) in [6.07, 6.45) is 2.45. The molecule has 5 nitrogen and oxygen atoms in total. The van der Waals surface area contributed by atoms with E-state index in [-0.39, 0.29) is 5.82 Å². The summed E-state index contributed by atoms with van der Waals surface area (Å²) in [4.78, 5) is 0. The van der Waals surface area contributed by atoms with Crippen molar-refractivity contribution in [3.63, 3.8) is 0 Å². The fourth-order valence-corrected chi connectivity index (χ4v) is 2.48. The summed E-state index contributed by atoms with van der Waals surface area (Å²) < 4.78 is 15.5. The smallest absolute Gasteiger partial charge is 0.156 e. The molecule has 2 aromatic rings. The summed E-state index contributed by atoms with van der Waals surface area (Å²) in [5.74, 6) is 0.527. The van der Waals surface area contributed by atoms with Crippen LogP contribution in [-0.2, 0) is 6.42 Å². The Morgan fingerprint density at radius 3 is 2.84 bits per heavy atom. The zero-order chi connectivity index (χ0) is 13.1. The molecule has 0 aliphatic carbocycles. The lowest BCUT2D eigenvalue weighted by Crippen LogP contribution is -2.30. The minimum Gasteiger partial charge on any atom is -0.317 e. The summed E-state index contributed by atoms with van der Waals surface area (Å²) in [7, 11) is 0. The molecule has 100 valence electrons. The third-order valence-electron chi connectivity index (χ3n) is 3.52. The van der Waals surface area contributed by atoms with E-state index in [1.807, 2.05) is 10.7 Å². The maximum Gasteiger partial charge on any atom is 0.156 e. The van der Waals surface area contributed by atoms with Crippen LogP contribution < -0.4 is 5.32 Å². The molecule has 0 amide bonds. The Morgan fingerprint density at radius 2 is 2.05 bits per heavy atom. The van der Waals surface area contributed by atoms with Gasteiger partial charge in [-0.05, 0) is 48.0 Å². The number of hydrogen-bond donors (Lipinski definition) is 1. The quantitative estimate of drug-likeness (QED) is 0.905. The molecule has 1 fully saturated rings. The Bertz CT molecular complexity index is 547. The van der Waals surface area contributed by atoms with Gasteiger partial charge in [0.05, 0.1) is 6.04 Å². The van der Waals surface area contributed by atoms with Gasteiger partial charge in [-0.2, -0.15) is 0 Å². The first-order valence-corrected chi connectivity index (χ1v) is 6.55. The largest absolute Gasteiger partial charge is 0.317 e. The minimum absolute atomic E-state index is 0.206. The Labute approximate surface area is 110 Å². The average molecular weight is 261 g/mol. The molecule has 0 radical (unpaired) electrons. The van der Waals surface area contributed by atoms with Crippen LogP contribution in [0.15, 0.2) is 24.3 Å². The van der Waals surface area contributed by atoms with Crippen LogP contribution >= 0.6 is 0 Å². The third kappa shape index (κ3) is 2.63. The van der Waals surface area contributed by atoms with E-state index in [0.29, 0.717) is 18.0 Å². The highest BCUT2D eigenvalue weighted by Crippen LogP contribution is 2.20. The van der Waals surface area contributed by atoms with E-state index in [9.17, 15) is 4.39 Å². The highest BCUT2D eigenvalue weighted by Gasteiger charge is 2.20. The van der Waals surface area contributed by atoms with Crippen molar-refractivity contribution < 1.29 is 4.39 Å². The van der Waals surface area contributed by atoms with Gasteiger partial charge < -0.3 is 5.32 Å². The van der Waals surface area contributed by atoms with Gasteiger partial charge in [0, 0.05) is 6.42 Å². The van der Waals surface area contributed by atoms with Crippen LogP contribution in [0.2, 0.25) is 0 Å². The second kappa shape index (κ2) is 5.44. The number of benzene rings is 1. The van der Waals surface area contributed by atoms with Crippen molar-refractivity contribution in [3.8, 4) is 0 Å².